The van der Waals surface area contributed by atoms with Crippen molar-refractivity contribution >= 4 is 5.97 Å². The highest BCUT2D eigenvalue weighted by molar-refractivity contribution is 5.72. The first-order valence-corrected chi connectivity index (χ1v) is 7.53. The van der Waals surface area contributed by atoms with Crippen LogP contribution in [0.2, 0.25) is 0 Å². The zero-order chi connectivity index (χ0) is 14.7. The number of aliphatic carboxylic acids is 1. The van der Waals surface area contributed by atoms with Crippen LogP contribution in [0.1, 0.15) is 50.7 Å². The number of unbranched alkanes of at least 4 members (excludes halogenated alkanes) is 1. The summed E-state index contributed by atoms with van der Waals surface area (Å²) in [7, 11) is 0. The maximum atomic E-state index is 11.4. The van der Waals surface area contributed by atoms with E-state index in [4.69, 9.17) is 4.74 Å². The molecule has 1 aliphatic rings. The summed E-state index contributed by atoms with van der Waals surface area (Å²) in [5, 5.41) is 9.35. The minimum Gasteiger partial charge on any atom is -0.493 e. The lowest BCUT2D eigenvalue weighted by Gasteiger charge is -2.23. The largest absolute Gasteiger partial charge is 0.493 e. The molecule has 3 atom stereocenters. The van der Waals surface area contributed by atoms with Gasteiger partial charge in [0.2, 0.25) is 0 Å². The molecule has 20 heavy (non-hydrogen) atoms. The first-order valence-electron chi connectivity index (χ1n) is 7.53. The van der Waals surface area contributed by atoms with Crippen LogP contribution in [-0.4, -0.2) is 17.7 Å². The normalized spacial score (nSPS) is 22.4. The van der Waals surface area contributed by atoms with Gasteiger partial charge in [-0.15, -0.1) is 0 Å². The van der Waals surface area contributed by atoms with Gasteiger partial charge >= 0.3 is 5.97 Å². The van der Waals surface area contributed by atoms with Crippen molar-refractivity contribution < 1.29 is 14.6 Å². The van der Waals surface area contributed by atoms with Crippen molar-refractivity contribution in [2.45, 2.75) is 46.0 Å². The minimum absolute atomic E-state index is 0.0559. The van der Waals surface area contributed by atoms with Crippen LogP contribution in [0.5, 0.6) is 5.75 Å². The van der Waals surface area contributed by atoms with E-state index in [0.29, 0.717) is 12.5 Å². The molecule has 1 aromatic carbocycles. The SMILES string of the molecule is CCCCOc1cccc2c1[C@H]([C@H](C)C(=O)O)[C@H](C)C2. The van der Waals surface area contributed by atoms with Crippen molar-refractivity contribution in [1.29, 1.82) is 0 Å². The van der Waals surface area contributed by atoms with Gasteiger partial charge < -0.3 is 9.84 Å². The van der Waals surface area contributed by atoms with Gasteiger partial charge in [-0.1, -0.05) is 39.3 Å². The Labute approximate surface area is 121 Å². The molecule has 1 aliphatic carbocycles. The molecule has 0 amide bonds. The Morgan fingerprint density at radius 1 is 1.50 bits per heavy atom. The van der Waals surface area contributed by atoms with Gasteiger partial charge in [-0.3, -0.25) is 4.79 Å². The zero-order valence-corrected chi connectivity index (χ0v) is 12.6. The predicted octanol–water partition coefficient (Wildman–Crippen LogP) is 3.86. The van der Waals surface area contributed by atoms with E-state index in [1.165, 1.54) is 5.56 Å². The van der Waals surface area contributed by atoms with Crippen LogP contribution in [0.4, 0.5) is 0 Å². The van der Waals surface area contributed by atoms with E-state index in [9.17, 15) is 9.90 Å². The molecule has 1 N–H and O–H groups in total. The molecule has 0 radical (unpaired) electrons. The number of hydrogen-bond donors (Lipinski definition) is 1. The molecule has 0 saturated carbocycles. The Kier molecular flexibility index (Phi) is 4.69. The predicted molar refractivity (Wildman–Crippen MR) is 79.3 cm³/mol. The molecule has 0 unspecified atom stereocenters. The maximum absolute atomic E-state index is 11.4. The number of ether oxygens (including phenoxy) is 1. The topological polar surface area (TPSA) is 46.5 Å². The molecular formula is C17H24O3. The Hall–Kier alpha value is -1.51. The van der Waals surface area contributed by atoms with Crippen LogP contribution >= 0.6 is 0 Å². The molecule has 0 saturated heterocycles. The van der Waals surface area contributed by atoms with E-state index in [2.05, 4.69) is 19.9 Å². The van der Waals surface area contributed by atoms with Gasteiger partial charge in [-0.2, -0.15) is 0 Å². The third-order valence-electron chi connectivity index (χ3n) is 4.33. The van der Waals surface area contributed by atoms with Crippen LogP contribution in [0.15, 0.2) is 18.2 Å². The second-order valence-electron chi connectivity index (χ2n) is 5.87. The molecule has 0 fully saturated rings. The van der Waals surface area contributed by atoms with Crippen molar-refractivity contribution in [2.24, 2.45) is 11.8 Å². The van der Waals surface area contributed by atoms with E-state index in [0.717, 1.165) is 30.6 Å². The second kappa shape index (κ2) is 6.29. The fourth-order valence-corrected chi connectivity index (χ4v) is 3.25. The van der Waals surface area contributed by atoms with Crippen LogP contribution in [0.3, 0.4) is 0 Å². The number of carboxylic acid groups (broad SMARTS) is 1. The molecule has 2 rings (SSSR count). The van der Waals surface area contributed by atoms with Crippen molar-refractivity contribution in [3.05, 3.63) is 29.3 Å². The highest BCUT2D eigenvalue weighted by atomic mass is 16.5. The van der Waals surface area contributed by atoms with Gasteiger partial charge in [0.1, 0.15) is 5.75 Å². The Morgan fingerprint density at radius 2 is 2.25 bits per heavy atom. The highest BCUT2D eigenvalue weighted by Crippen LogP contribution is 2.46. The van der Waals surface area contributed by atoms with Crippen molar-refractivity contribution in [3.8, 4) is 5.75 Å². The Morgan fingerprint density at radius 3 is 2.90 bits per heavy atom. The fourth-order valence-electron chi connectivity index (χ4n) is 3.25. The summed E-state index contributed by atoms with van der Waals surface area (Å²) in [5.41, 5.74) is 2.38. The van der Waals surface area contributed by atoms with E-state index in [-0.39, 0.29) is 11.8 Å². The summed E-state index contributed by atoms with van der Waals surface area (Å²) in [6, 6.07) is 6.10. The molecule has 110 valence electrons. The molecule has 0 aromatic heterocycles. The minimum atomic E-state index is -0.724. The van der Waals surface area contributed by atoms with Crippen LogP contribution < -0.4 is 4.74 Å². The Balaban J connectivity index is 2.31. The summed E-state index contributed by atoms with van der Waals surface area (Å²) >= 11 is 0. The second-order valence-corrected chi connectivity index (χ2v) is 5.87. The van der Waals surface area contributed by atoms with E-state index >= 15 is 0 Å². The van der Waals surface area contributed by atoms with Gasteiger partial charge in [0.05, 0.1) is 12.5 Å². The van der Waals surface area contributed by atoms with E-state index < -0.39 is 5.97 Å². The third kappa shape index (κ3) is 2.82. The summed E-state index contributed by atoms with van der Waals surface area (Å²) < 4.78 is 5.90. The third-order valence-corrected chi connectivity index (χ3v) is 4.33. The monoisotopic (exact) mass is 276 g/mol. The summed E-state index contributed by atoms with van der Waals surface area (Å²) in [5.74, 6) is 0.200. The lowest BCUT2D eigenvalue weighted by atomic mass is 9.83. The number of hydrogen-bond acceptors (Lipinski definition) is 2. The molecule has 3 heteroatoms. The lowest BCUT2D eigenvalue weighted by Crippen LogP contribution is -2.22. The van der Waals surface area contributed by atoms with Crippen molar-refractivity contribution in [2.75, 3.05) is 6.61 Å². The first kappa shape index (κ1) is 14.9. The van der Waals surface area contributed by atoms with Crippen LogP contribution in [0.25, 0.3) is 0 Å². The molecule has 0 heterocycles. The molecular weight excluding hydrogens is 252 g/mol. The summed E-state index contributed by atoms with van der Waals surface area (Å²) in [6.07, 6.45) is 3.07. The molecule has 0 bridgehead atoms. The maximum Gasteiger partial charge on any atom is 0.306 e. The van der Waals surface area contributed by atoms with Gasteiger partial charge in [0.25, 0.3) is 0 Å². The van der Waals surface area contributed by atoms with Crippen molar-refractivity contribution in [1.82, 2.24) is 0 Å². The molecule has 3 nitrogen and oxygen atoms in total. The number of carboxylic acids is 1. The van der Waals surface area contributed by atoms with Gasteiger partial charge in [0, 0.05) is 11.5 Å². The molecule has 0 spiro atoms. The first-order chi connectivity index (χ1) is 9.56. The number of fused-ring (bicyclic) bond motifs is 1. The average molecular weight is 276 g/mol. The van der Waals surface area contributed by atoms with E-state index in [1.807, 2.05) is 12.1 Å². The van der Waals surface area contributed by atoms with Gasteiger partial charge in [0.15, 0.2) is 0 Å². The molecule has 0 aliphatic heterocycles. The van der Waals surface area contributed by atoms with Gasteiger partial charge in [-0.25, -0.2) is 0 Å². The number of rotatable bonds is 6. The fraction of sp³-hybridized carbons (Fsp3) is 0.588. The smallest absolute Gasteiger partial charge is 0.306 e. The average Bonchev–Trinajstić information content (AvgIpc) is 2.75. The standard InChI is InChI=1S/C17H24O3/c1-4-5-9-20-14-8-6-7-13-10-11(2)15(16(13)14)12(3)17(18)19/h6-8,11-12,15H,4-5,9-10H2,1-3H3,(H,18,19)/t11-,12+,15+/m1/s1. The van der Waals surface area contributed by atoms with Crippen LogP contribution in [0, 0.1) is 11.8 Å². The quantitative estimate of drug-likeness (QED) is 0.802. The van der Waals surface area contributed by atoms with Crippen molar-refractivity contribution in [3.63, 3.8) is 0 Å². The number of benzene rings is 1. The highest BCUT2D eigenvalue weighted by Gasteiger charge is 2.38. The Bertz CT molecular complexity index is 481. The number of carbonyl (C=O) groups is 1. The summed E-state index contributed by atoms with van der Waals surface area (Å²) in [4.78, 5) is 11.4. The van der Waals surface area contributed by atoms with E-state index in [1.54, 1.807) is 6.92 Å². The van der Waals surface area contributed by atoms with Crippen LogP contribution in [-0.2, 0) is 11.2 Å². The summed E-state index contributed by atoms with van der Waals surface area (Å²) in [6.45, 7) is 6.78. The molecule has 1 aromatic rings. The lowest BCUT2D eigenvalue weighted by molar-refractivity contribution is -0.142. The van der Waals surface area contributed by atoms with Gasteiger partial charge in [-0.05, 0) is 30.4 Å². The zero-order valence-electron chi connectivity index (χ0n) is 12.6.